The third kappa shape index (κ3) is 4.33. The topological polar surface area (TPSA) is 113 Å². The first kappa shape index (κ1) is 23.6. The van der Waals surface area contributed by atoms with Gasteiger partial charge in [-0.05, 0) is 61.0 Å². The Kier molecular flexibility index (Phi) is 6.55. The number of para-hydroxylation sites is 1. The molecule has 1 aliphatic heterocycles. The van der Waals surface area contributed by atoms with E-state index in [1.165, 1.54) is 48.4 Å². The van der Waals surface area contributed by atoms with Crippen LogP contribution in [-0.4, -0.2) is 41.6 Å². The lowest BCUT2D eigenvalue weighted by Crippen LogP contribution is -2.29. The third-order valence-electron chi connectivity index (χ3n) is 5.65. The number of carbonyl (C=O) groups excluding carboxylic acids is 3. The monoisotopic (exact) mass is 473 g/mol. The number of carbonyl (C=O) groups is 3. The van der Waals surface area contributed by atoms with E-state index in [2.05, 4.69) is 0 Å². The van der Waals surface area contributed by atoms with E-state index in [9.17, 15) is 24.6 Å². The summed E-state index contributed by atoms with van der Waals surface area (Å²) < 4.78 is 10.3. The average Bonchev–Trinajstić information content (AvgIpc) is 3.14. The highest BCUT2D eigenvalue weighted by atomic mass is 16.5. The van der Waals surface area contributed by atoms with E-state index in [-0.39, 0.29) is 29.1 Å². The molecule has 0 radical (unpaired) electrons. The Balaban J connectivity index is 1.89. The van der Waals surface area contributed by atoms with Crippen LogP contribution in [0.3, 0.4) is 0 Å². The fraction of sp³-hybridized carbons (Fsp3) is 0.148. The Hall–Kier alpha value is -4.59. The second kappa shape index (κ2) is 9.72. The van der Waals surface area contributed by atoms with Crippen molar-refractivity contribution >= 4 is 29.1 Å². The Morgan fingerprint density at radius 1 is 1.00 bits per heavy atom. The quantitative estimate of drug-likeness (QED) is 0.239. The number of rotatable bonds is 6. The van der Waals surface area contributed by atoms with Gasteiger partial charge in [0.15, 0.2) is 0 Å². The number of hydrogen-bond donors (Lipinski definition) is 2. The van der Waals surface area contributed by atoms with E-state index >= 15 is 0 Å². The molecule has 1 aliphatic rings. The Labute approximate surface area is 201 Å². The zero-order valence-corrected chi connectivity index (χ0v) is 19.1. The number of hydrogen-bond acceptors (Lipinski definition) is 7. The first-order chi connectivity index (χ1) is 16.9. The van der Waals surface area contributed by atoms with Crippen molar-refractivity contribution in [3.05, 3.63) is 95.1 Å². The van der Waals surface area contributed by atoms with E-state index in [4.69, 9.17) is 9.47 Å². The number of aromatic hydroxyl groups is 1. The van der Waals surface area contributed by atoms with Crippen molar-refractivity contribution in [2.45, 2.75) is 13.0 Å². The molecule has 4 rings (SSSR count). The summed E-state index contributed by atoms with van der Waals surface area (Å²) in [4.78, 5) is 39.8. The molecule has 2 N–H and O–H groups in total. The van der Waals surface area contributed by atoms with Gasteiger partial charge in [-0.1, -0.05) is 24.3 Å². The fourth-order valence-corrected chi connectivity index (χ4v) is 4.07. The number of aliphatic hydroxyl groups excluding tert-OH is 1. The molecule has 178 valence electrons. The maximum atomic E-state index is 13.2. The molecule has 1 amide bonds. The number of methoxy groups -OCH3 is 1. The Morgan fingerprint density at radius 2 is 1.71 bits per heavy atom. The van der Waals surface area contributed by atoms with Gasteiger partial charge in [0.25, 0.3) is 11.7 Å². The molecule has 1 atom stereocenters. The summed E-state index contributed by atoms with van der Waals surface area (Å²) in [6, 6.07) is 17.7. The lowest BCUT2D eigenvalue weighted by Gasteiger charge is -2.25. The lowest BCUT2D eigenvalue weighted by molar-refractivity contribution is -0.132. The van der Waals surface area contributed by atoms with Crippen molar-refractivity contribution < 1.29 is 34.1 Å². The summed E-state index contributed by atoms with van der Waals surface area (Å²) in [5.41, 5.74) is 1.12. The van der Waals surface area contributed by atoms with E-state index < -0.39 is 29.5 Å². The number of nitrogens with zero attached hydrogens (tertiary/aromatic N) is 1. The molecular weight excluding hydrogens is 450 g/mol. The van der Waals surface area contributed by atoms with Gasteiger partial charge in [-0.3, -0.25) is 14.5 Å². The first-order valence-electron chi connectivity index (χ1n) is 10.9. The van der Waals surface area contributed by atoms with Crippen LogP contribution in [0.5, 0.6) is 11.5 Å². The summed E-state index contributed by atoms with van der Waals surface area (Å²) in [7, 11) is 1.43. The second-order valence-corrected chi connectivity index (χ2v) is 7.73. The minimum absolute atomic E-state index is 0.0666. The van der Waals surface area contributed by atoms with Gasteiger partial charge in [0.2, 0.25) is 0 Å². The van der Waals surface area contributed by atoms with Crippen molar-refractivity contribution in [1.29, 1.82) is 0 Å². The van der Waals surface area contributed by atoms with Gasteiger partial charge in [-0.2, -0.15) is 0 Å². The van der Waals surface area contributed by atoms with Crippen LogP contribution in [-0.2, 0) is 14.3 Å². The predicted octanol–water partition coefficient (Wildman–Crippen LogP) is 4.20. The number of benzene rings is 3. The van der Waals surface area contributed by atoms with Crippen LogP contribution in [0.4, 0.5) is 5.69 Å². The average molecular weight is 473 g/mol. The van der Waals surface area contributed by atoms with E-state index in [1.807, 2.05) is 0 Å². The third-order valence-corrected chi connectivity index (χ3v) is 5.65. The smallest absolute Gasteiger partial charge is 0.338 e. The zero-order chi connectivity index (χ0) is 25.1. The van der Waals surface area contributed by atoms with Crippen LogP contribution < -0.4 is 9.64 Å². The molecule has 8 nitrogen and oxygen atoms in total. The minimum atomic E-state index is -1.04. The molecule has 3 aromatic rings. The number of phenolic OH excluding ortho intramolecular Hbond substituents is 1. The van der Waals surface area contributed by atoms with Crippen molar-refractivity contribution in [2.75, 3.05) is 18.6 Å². The lowest BCUT2D eigenvalue weighted by atomic mass is 9.94. The van der Waals surface area contributed by atoms with Crippen molar-refractivity contribution in [3.63, 3.8) is 0 Å². The summed E-state index contributed by atoms with van der Waals surface area (Å²) in [5, 5.41) is 21.3. The number of anilines is 1. The molecule has 0 bridgehead atoms. The zero-order valence-electron chi connectivity index (χ0n) is 19.1. The van der Waals surface area contributed by atoms with Gasteiger partial charge in [-0.15, -0.1) is 0 Å². The molecule has 0 saturated carbocycles. The molecule has 35 heavy (non-hydrogen) atoms. The molecular formula is C27H23NO7. The molecule has 8 heteroatoms. The predicted molar refractivity (Wildman–Crippen MR) is 128 cm³/mol. The van der Waals surface area contributed by atoms with Crippen LogP contribution in [0.15, 0.2) is 78.4 Å². The molecule has 1 saturated heterocycles. The number of esters is 1. The van der Waals surface area contributed by atoms with E-state index in [1.54, 1.807) is 43.3 Å². The summed E-state index contributed by atoms with van der Waals surface area (Å²) in [6.07, 6.45) is 0. The molecule has 0 aromatic heterocycles. The molecule has 0 spiro atoms. The Morgan fingerprint density at radius 3 is 2.37 bits per heavy atom. The van der Waals surface area contributed by atoms with E-state index in [0.29, 0.717) is 17.0 Å². The van der Waals surface area contributed by atoms with Gasteiger partial charge in [0.05, 0.1) is 36.5 Å². The van der Waals surface area contributed by atoms with Crippen molar-refractivity contribution in [3.8, 4) is 11.5 Å². The number of aliphatic hydroxyl groups is 1. The maximum absolute atomic E-state index is 13.2. The van der Waals surface area contributed by atoms with Gasteiger partial charge in [-0.25, -0.2) is 4.79 Å². The molecule has 1 heterocycles. The Bertz CT molecular complexity index is 1330. The van der Waals surface area contributed by atoms with Gasteiger partial charge in [0.1, 0.15) is 17.3 Å². The highest BCUT2D eigenvalue weighted by molar-refractivity contribution is 6.51. The van der Waals surface area contributed by atoms with Gasteiger partial charge < -0.3 is 19.7 Å². The molecule has 1 fully saturated rings. The highest BCUT2D eigenvalue weighted by Gasteiger charge is 2.47. The van der Waals surface area contributed by atoms with Crippen LogP contribution in [0.1, 0.15) is 34.5 Å². The summed E-state index contributed by atoms with van der Waals surface area (Å²) in [5.74, 6) is -2.41. The SMILES string of the molecule is CCOC(=O)c1ccc(N2C(=O)C(=O)/C(=C(/O)c3ccccc3OC)C2c2cccc(O)c2)cc1. The van der Waals surface area contributed by atoms with Gasteiger partial charge >= 0.3 is 5.97 Å². The standard InChI is InChI=1S/C27H23NO7/c1-3-35-27(33)16-11-13-18(14-12-16)28-23(17-7-6-8-19(29)15-17)22(25(31)26(28)32)24(30)20-9-4-5-10-21(20)34-2/h4-15,23,29-30H,3H2,1-2H3/b24-22+. The summed E-state index contributed by atoms with van der Waals surface area (Å²) >= 11 is 0. The maximum Gasteiger partial charge on any atom is 0.338 e. The number of ketones is 1. The van der Waals surface area contributed by atoms with Crippen LogP contribution in [0.25, 0.3) is 5.76 Å². The normalized spacial score (nSPS) is 16.9. The molecule has 0 aliphatic carbocycles. The number of amides is 1. The summed E-state index contributed by atoms with van der Waals surface area (Å²) in [6.45, 7) is 1.92. The number of phenols is 1. The molecule has 3 aromatic carbocycles. The largest absolute Gasteiger partial charge is 0.508 e. The van der Waals surface area contributed by atoms with Crippen LogP contribution >= 0.6 is 0 Å². The number of Topliss-reactive ketones (excluding diaryl/α,β-unsaturated/α-hetero) is 1. The van der Waals surface area contributed by atoms with Gasteiger partial charge in [0, 0.05) is 5.69 Å². The highest BCUT2D eigenvalue weighted by Crippen LogP contribution is 2.43. The van der Waals surface area contributed by atoms with E-state index in [0.717, 1.165) is 0 Å². The van der Waals surface area contributed by atoms with Crippen LogP contribution in [0, 0.1) is 0 Å². The van der Waals surface area contributed by atoms with Crippen molar-refractivity contribution in [2.24, 2.45) is 0 Å². The number of ether oxygens (including phenoxy) is 2. The fourth-order valence-electron chi connectivity index (χ4n) is 4.07. The van der Waals surface area contributed by atoms with Crippen molar-refractivity contribution in [1.82, 2.24) is 0 Å². The first-order valence-corrected chi connectivity index (χ1v) is 10.9. The molecule has 1 unspecified atom stereocenters. The second-order valence-electron chi connectivity index (χ2n) is 7.73. The minimum Gasteiger partial charge on any atom is -0.508 e. The van der Waals surface area contributed by atoms with Crippen LogP contribution in [0.2, 0.25) is 0 Å².